The number of allylic oxidation sites excluding steroid dienone is 1. The van der Waals surface area contributed by atoms with Gasteiger partial charge in [-0.3, -0.25) is 4.79 Å². The van der Waals surface area contributed by atoms with Crippen molar-refractivity contribution in [2.75, 3.05) is 0 Å². The van der Waals surface area contributed by atoms with E-state index >= 15 is 0 Å². The van der Waals surface area contributed by atoms with Gasteiger partial charge in [-0.05, 0) is 24.6 Å². The molecule has 2 aromatic rings. The molecule has 0 aliphatic carbocycles. The molecule has 0 radical (unpaired) electrons. The number of urea groups is 1. The Morgan fingerprint density at radius 3 is 2.46 bits per heavy atom. The van der Waals surface area contributed by atoms with Gasteiger partial charge in [0.15, 0.2) is 5.78 Å². The van der Waals surface area contributed by atoms with E-state index in [-0.39, 0.29) is 11.8 Å². The summed E-state index contributed by atoms with van der Waals surface area (Å²) in [7, 11) is 0. The van der Waals surface area contributed by atoms with Crippen molar-refractivity contribution in [2.45, 2.75) is 13.0 Å². The fourth-order valence-corrected chi connectivity index (χ4v) is 3.23. The second kappa shape index (κ2) is 6.67. The van der Waals surface area contributed by atoms with Crippen molar-refractivity contribution in [3.63, 3.8) is 0 Å². The number of carbonyl (C=O) groups is 2. The van der Waals surface area contributed by atoms with Crippen molar-refractivity contribution in [3.05, 3.63) is 81.0 Å². The van der Waals surface area contributed by atoms with Crippen LogP contribution in [-0.4, -0.2) is 11.8 Å². The number of halogens is 2. The summed E-state index contributed by atoms with van der Waals surface area (Å²) in [5.41, 5.74) is 2.11. The van der Waals surface area contributed by atoms with Crippen LogP contribution in [0.2, 0.25) is 10.0 Å². The maximum Gasteiger partial charge on any atom is 0.319 e. The number of ketones is 1. The molecule has 0 fully saturated rings. The smallest absolute Gasteiger partial charge is 0.319 e. The molecule has 122 valence electrons. The van der Waals surface area contributed by atoms with Crippen LogP contribution in [0.1, 0.15) is 28.9 Å². The first-order chi connectivity index (χ1) is 11.5. The van der Waals surface area contributed by atoms with Crippen LogP contribution in [0.5, 0.6) is 0 Å². The molecular weight excluding hydrogens is 347 g/mol. The van der Waals surface area contributed by atoms with Gasteiger partial charge in [-0.15, -0.1) is 0 Å². The zero-order valence-electron chi connectivity index (χ0n) is 12.8. The molecule has 1 aliphatic heterocycles. The molecule has 4 nitrogen and oxygen atoms in total. The minimum absolute atomic E-state index is 0.170. The minimum atomic E-state index is -0.642. The van der Waals surface area contributed by atoms with E-state index in [1.165, 1.54) is 0 Å². The Bertz CT molecular complexity index is 847. The lowest BCUT2D eigenvalue weighted by Gasteiger charge is -2.29. The van der Waals surface area contributed by atoms with Gasteiger partial charge in [-0.2, -0.15) is 0 Å². The lowest BCUT2D eigenvalue weighted by molar-refractivity contribution is 0.102. The van der Waals surface area contributed by atoms with Gasteiger partial charge >= 0.3 is 6.03 Å². The van der Waals surface area contributed by atoms with E-state index in [1.807, 2.05) is 6.07 Å². The molecule has 1 heterocycles. The fourth-order valence-electron chi connectivity index (χ4n) is 2.71. The van der Waals surface area contributed by atoms with Crippen LogP contribution in [0.4, 0.5) is 4.79 Å². The number of carbonyl (C=O) groups excluding carboxylic acids is 2. The van der Waals surface area contributed by atoms with Crippen LogP contribution < -0.4 is 10.6 Å². The zero-order valence-corrected chi connectivity index (χ0v) is 14.3. The Labute approximate surface area is 149 Å². The van der Waals surface area contributed by atoms with Crippen molar-refractivity contribution < 1.29 is 9.59 Å². The molecule has 0 aromatic heterocycles. The summed E-state index contributed by atoms with van der Waals surface area (Å²) in [5, 5.41) is 6.29. The maximum absolute atomic E-state index is 13.0. The Morgan fingerprint density at radius 1 is 1.08 bits per heavy atom. The molecule has 0 saturated carbocycles. The lowest BCUT2D eigenvalue weighted by atomic mass is 9.89. The van der Waals surface area contributed by atoms with Crippen molar-refractivity contribution in [1.29, 1.82) is 0 Å². The van der Waals surface area contributed by atoms with E-state index in [1.54, 1.807) is 49.4 Å². The van der Waals surface area contributed by atoms with Crippen LogP contribution in [0.15, 0.2) is 59.8 Å². The molecule has 2 N–H and O–H groups in total. The highest BCUT2D eigenvalue weighted by Gasteiger charge is 2.32. The highest BCUT2D eigenvalue weighted by atomic mass is 35.5. The van der Waals surface area contributed by atoms with Crippen LogP contribution in [0, 0.1) is 0 Å². The highest BCUT2D eigenvalue weighted by molar-refractivity contribution is 6.35. The molecule has 24 heavy (non-hydrogen) atoms. The SMILES string of the molecule is CC1=C(C(=O)c2ccccc2)[C@@H](c2ccc(Cl)cc2Cl)NC(=O)N1. The van der Waals surface area contributed by atoms with E-state index < -0.39 is 6.04 Å². The van der Waals surface area contributed by atoms with Gasteiger partial charge in [-0.25, -0.2) is 4.79 Å². The largest absolute Gasteiger partial charge is 0.327 e. The van der Waals surface area contributed by atoms with Gasteiger partial charge in [0.1, 0.15) is 0 Å². The highest BCUT2D eigenvalue weighted by Crippen LogP contribution is 2.34. The summed E-state index contributed by atoms with van der Waals surface area (Å²) >= 11 is 12.2. The molecule has 1 atom stereocenters. The second-order valence-corrected chi connectivity index (χ2v) is 6.27. The molecule has 0 saturated heterocycles. The first-order valence-corrected chi connectivity index (χ1v) is 8.06. The van der Waals surface area contributed by atoms with Gasteiger partial charge in [0.25, 0.3) is 0 Å². The third kappa shape index (κ3) is 3.16. The Balaban J connectivity index is 2.10. The van der Waals surface area contributed by atoms with Gasteiger partial charge in [0.2, 0.25) is 0 Å². The van der Waals surface area contributed by atoms with Crippen LogP contribution in [0.3, 0.4) is 0 Å². The summed E-state index contributed by atoms with van der Waals surface area (Å²) in [6.45, 7) is 1.70. The third-order valence-electron chi connectivity index (χ3n) is 3.82. The first kappa shape index (κ1) is 16.6. The molecule has 0 spiro atoms. The molecule has 2 aromatic carbocycles. The number of Topliss-reactive ketones (excluding diaryl/α,β-unsaturated/α-hetero) is 1. The number of hydrogen-bond acceptors (Lipinski definition) is 2. The van der Waals surface area contributed by atoms with E-state index in [2.05, 4.69) is 10.6 Å². The van der Waals surface area contributed by atoms with Crippen molar-refractivity contribution in [3.8, 4) is 0 Å². The third-order valence-corrected chi connectivity index (χ3v) is 4.39. The summed E-state index contributed by atoms with van der Waals surface area (Å²) in [6, 6.07) is 12.9. The number of amides is 2. The summed E-state index contributed by atoms with van der Waals surface area (Å²) < 4.78 is 0. The van der Waals surface area contributed by atoms with Crippen molar-refractivity contribution in [1.82, 2.24) is 10.6 Å². The minimum Gasteiger partial charge on any atom is -0.327 e. The Kier molecular flexibility index (Phi) is 4.60. The Morgan fingerprint density at radius 2 is 1.79 bits per heavy atom. The van der Waals surface area contributed by atoms with Crippen molar-refractivity contribution in [2.24, 2.45) is 0 Å². The van der Waals surface area contributed by atoms with Gasteiger partial charge < -0.3 is 10.6 Å². The predicted octanol–water partition coefficient (Wildman–Crippen LogP) is 4.50. The monoisotopic (exact) mass is 360 g/mol. The lowest BCUT2D eigenvalue weighted by Crippen LogP contribution is -2.45. The predicted molar refractivity (Wildman–Crippen MR) is 94.3 cm³/mol. The molecule has 0 bridgehead atoms. The average molecular weight is 361 g/mol. The van der Waals surface area contributed by atoms with Gasteiger partial charge in [0, 0.05) is 26.9 Å². The topological polar surface area (TPSA) is 58.2 Å². The normalized spacial score (nSPS) is 17.3. The summed E-state index contributed by atoms with van der Waals surface area (Å²) in [5.74, 6) is -0.170. The van der Waals surface area contributed by atoms with Crippen LogP contribution in [-0.2, 0) is 0 Å². The molecule has 0 unspecified atom stereocenters. The zero-order chi connectivity index (χ0) is 17.3. The quantitative estimate of drug-likeness (QED) is 0.791. The van der Waals surface area contributed by atoms with Gasteiger partial charge in [-0.1, -0.05) is 59.6 Å². The standard InChI is InChI=1S/C18H14Cl2N2O2/c1-10-15(17(23)11-5-3-2-4-6-11)16(22-18(24)21-10)13-8-7-12(19)9-14(13)20/h2-9,16H,1H3,(H2,21,22,24)/t16-/m1/s1. The first-order valence-electron chi connectivity index (χ1n) is 7.30. The van der Waals surface area contributed by atoms with Crippen molar-refractivity contribution >= 4 is 35.0 Å². The molecule has 1 aliphatic rings. The van der Waals surface area contributed by atoms with E-state index in [4.69, 9.17) is 23.2 Å². The molecule has 6 heteroatoms. The molecule has 3 rings (SSSR count). The van der Waals surface area contributed by atoms with Crippen LogP contribution in [0.25, 0.3) is 0 Å². The van der Waals surface area contributed by atoms with E-state index in [9.17, 15) is 9.59 Å². The second-order valence-electron chi connectivity index (χ2n) is 5.43. The maximum atomic E-state index is 13.0. The van der Waals surface area contributed by atoms with E-state index in [0.717, 1.165) is 0 Å². The fraction of sp³-hybridized carbons (Fsp3) is 0.111. The Hall–Kier alpha value is -2.30. The summed E-state index contributed by atoms with van der Waals surface area (Å²) in [6.07, 6.45) is 0. The van der Waals surface area contributed by atoms with Crippen LogP contribution >= 0.6 is 23.2 Å². The average Bonchev–Trinajstić information content (AvgIpc) is 2.54. The number of nitrogens with one attached hydrogen (secondary N) is 2. The molecular formula is C18H14Cl2N2O2. The number of rotatable bonds is 3. The number of benzene rings is 2. The molecule has 2 amide bonds. The van der Waals surface area contributed by atoms with Gasteiger partial charge in [0.05, 0.1) is 6.04 Å². The summed E-state index contributed by atoms with van der Waals surface area (Å²) in [4.78, 5) is 24.9. The van der Waals surface area contributed by atoms with E-state index in [0.29, 0.717) is 32.4 Å². The number of hydrogen-bond donors (Lipinski definition) is 2.